The molecule has 0 aromatic heterocycles. The molecule has 1 saturated carbocycles. The van der Waals surface area contributed by atoms with E-state index in [1.165, 1.54) is 139 Å². The van der Waals surface area contributed by atoms with Crippen LogP contribution in [-0.2, 0) is 32.5 Å². The lowest BCUT2D eigenvalue weighted by molar-refractivity contribution is 0.199. The molecule has 0 saturated heterocycles. The summed E-state index contributed by atoms with van der Waals surface area (Å²) in [5, 5.41) is 2.67. The first-order chi connectivity index (χ1) is 33.0. The summed E-state index contributed by atoms with van der Waals surface area (Å²) >= 11 is 0. The number of hydrogen-bond donors (Lipinski definition) is 0. The van der Waals surface area contributed by atoms with E-state index in [4.69, 9.17) is 0 Å². The van der Waals surface area contributed by atoms with Crippen molar-refractivity contribution in [2.45, 2.75) is 173 Å². The molecule has 2 atom stereocenters. The van der Waals surface area contributed by atoms with Gasteiger partial charge in [-0.25, -0.2) is 0 Å². The second kappa shape index (κ2) is 13.9. The molecule has 3 heterocycles. The Bertz CT molecular complexity index is 3430. The van der Waals surface area contributed by atoms with E-state index in [2.05, 4.69) is 222 Å². The van der Waals surface area contributed by atoms with E-state index in [0.717, 1.165) is 0 Å². The van der Waals surface area contributed by atoms with Crippen molar-refractivity contribution >= 4 is 51.3 Å². The van der Waals surface area contributed by atoms with Crippen molar-refractivity contribution < 1.29 is 0 Å². The van der Waals surface area contributed by atoms with Crippen LogP contribution in [0.5, 0.6) is 0 Å². The van der Waals surface area contributed by atoms with E-state index in [9.17, 15) is 0 Å². The third-order valence-corrected chi connectivity index (χ3v) is 19.7. The summed E-state index contributed by atoms with van der Waals surface area (Å²) in [6.07, 6.45) is 7.34. The van der Waals surface area contributed by atoms with Crippen LogP contribution in [0.2, 0.25) is 0 Å². The van der Waals surface area contributed by atoms with Gasteiger partial charge in [-0.15, -0.1) is 0 Å². The van der Waals surface area contributed by atoms with Crippen LogP contribution in [0.1, 0.15) is 174 Å². The average molecular weight is 917 g/mol. The molecule has 0 N–H and O–H groups in total. The van der Waals surface area contributed by atoms with E-state index in [1.54, 1.807) is 16.7 Å². The molecule has 3 aliphatic heterocycles. The first kappa shape index (κ1) is 44.4. The van der Waals surface area contributed by atoms with E-state index in [-0.39, 0.29) is 44.9 Å². The van der Waals surface area contributed by atoms with Crippen LogP contribution >= 0.6 is 0 Å². The van der Waals surface area contributed by atoms with Gasteiger partial charge in [0.25, 0.3) is 0 Å². The summed E-state index contributed by atoms with van der Waals surface area (Å²) in [5.74, 6) is 0. The van der Waals surface area contributed by atoms with Gasteiger partial charge in [0.1, 0.15) is 0 Å². The lowest BCUT2D eigenvalue weighted by Crippen LogP contribution is -2.70. The monoisotopic (exact) mass is 917 g/mol. The number of nitrogens with zero attached hydrogens (tertiary/aromatic N) is 2. The fourth-order valence-electron chi connectivity index (χ4n) is 15.1. The minimum Gasteiger partial charge on any atom is -0.400 e. The summed E-state index contributed by atoms with van der Waals surface area (Å²) in [5.41, 5.74) is 26.9. The summed E-state index contributed by atoms with van der Waals surface area (Å²) in [7, 11) is 0. The molecule has 3 heteroatoms. The Hall–Kier alpha value is -5.54. The molecule has 13 rings (SSSR count). The zero-order chi connectivity index (χ0) is 49.0. The fourth-order valence-corrected chi connectivity index (χ4v) is 15.1. The summed E-state index contributed by atoms with van der Waals surface area (Å²) in [4.78, 5) is 5.80. The van der Waals surface area contributed by atoms with Crippen LogP contribution in [0.25, 0.3) is 44.2 Å². The molecule has 1 fully saturated rings. The second-order valence-electron chi connectivity index (χ2n) is 27.1. The van der Waals surface area contributed by atoms with Gasteiger partial charge in [0.15, 0.2) is 0 Å². The SMILES string of the molecule is CC(C)(C)c1ccc(N2c3cc4c(cc3B3c5c2cc2ccccc2c5-c2cc(C(C)(C)C)cc5c2N3C2(C)CCCCC52C)C(C)(C)c2cc3c(cc2-4)C(C)(C)CCC3(C)C)c(-c2ccccc2)c1. The van der Waals surface area contributed by atoms with Crippen molar-refractivity contribution in [3.8, 4) is 33.4 Å². The van der Waals surface area contributed by atoms with Crippen molar-refractivity contribution in [1.82, 2.24) is 0 Å². The van der Waals surface area contributed by atoms with E-state index in [1.807, 2.05) is 0 Å². The molecular formula is C67H73BN2. The quantitative estimate of drug-likeness (QED) is 0.159. The molecule has 70 heavy (non-hydrogen) atoms. The van der Waals surface area contributed by atoms with Crippen molar-refractivity contribution in [3.05, 3.63) is 154 Å². The van der Waals surface area contributed by atoms with Gasteiger partial charge in [-0.1, -0.05) is 182 Å². The summed E-state index contributed by atoms with van der Waals surface area (Å²) in [6, 6.07) is 46.7. The summed E-state index contributed by atoms with van der Waals surface area (Å²) < 4.78 is 0. The number of hydrogen-bond acceptors (Lipinski definition) is 2. The van der Waals surface area contributed by atoms with Crippen LogP contribution in [0, 0.1) is 0 Å². The van der Waals surface area contributed by atoms with Crippen LogP contribution in [0.15, 0.2) is 115 Å². The molecule has 7 aromatic rings. The number of anilines is 4. The highest BCUT2D eigenvalue weighted by Gasteiger charge is 2.63. The Kier molecular flexibility index (Phi) is 8.82. The summed E-state index contributed by atoms with van der Waals surface area (Å²) in [6.45, 7) is 34.7. The molecule has 0 amide bonds. The van der Waals surface area contributed by atoms with Gasteiger partial charge in [0.05, 0.1) is 5.69 Å². The van der Waals surface area contributed by atoms with Crippen molar-refractivity contribution in [3.63, 3.8) is 0 Å². The molecule has 6 aliphatic rings. The molecule has 0 radical (unpaired) electrons. The van der Waals surface area contributed by atoms with E-state index >= 15 is 0 Å². The Balaban J connectivity index is 1.20. The minimum absolute atomic E-state index is 0.0000784. The predicted octanol–water partition coefficient (Wildman–Crippen LogP) is 16.7. The Morgan fingerprint density at radius 3 is 1.83 bits per heavy atom. The third-order valence-electron chi connectivity index (χ3n) is 19.7. The number of fused-ring (bicyclic) bond motifs is 13. The van der Waals surface area contributed by atoms with Gasteiger partial charge in [0, 0.05) is 44.6 Å². The predicted molar refractivity (Wildman–Crippen MR) is 301 cm³/mol. The molecular weight excluding hydrogens is 844 g/mol. The molecule has 0 spiro atoms. The Labute approximate surface area is 420 Å². The number of rotatable bonds is 2. The maximum atomic E-state index is 3.05. The first-order valence-electron chi connectivity index (χ1n) is 26.9. The van der Waals surface area contributed by atoms with Gasteiger partial charge < -0.3 is 9.71 Å². The van der Waals surface area contributed by atoms with Gasteiger partial charge in [0.2, 0.25) is 0 Å². The number of benzene rings is 7. The third kappa shape index (κ3) is 5.70. The first-order valence-corrected chi connectivity index (χ1v) is 26.9. The van der Waals surface area contributed by atoms with Crippen LogP contribution in [-0.4, -0.2) is 12.4 Å². The zero-order valence-electron chi connectivity index (χ0n) is 44.7. The highest BCUT2D eigenvalue weighted by molar-refractivity contribution is 6.93. The minimum atomic E-state index is -0.180. The van der Waals surface area contributed by atoms with Gasteiger partial charge in [-0.05, 0) is 174 Å². The van der Waals surface area contributed by atoms with E-state index in [0.29, 0.717) is 0 Å². The molecule has 7 aromatic carbocycles. The molecule has 2 nitrogen and oxygen atoms in total. The largest absolute Gasteiger partial charge is 0.400 e. The maximum absolute atomic E-state index is 3.05. The van der Waals surface area contributed by atoms with Crippen molar-refractivity contribution in [1.29, 1.82) is 0 Å². The highest BCUT2D eigenvalue weighted by atomic mass is 15.2. The molecule has 354 valence electrons. The van der Waals surface area contributed by atoms with Crippen LogP contribution in [0.4, 0.5) is 22.7 Å². The lowest BCUT2D eigenvalue weighted by atomic mass is 9.41. The average Bonchev–Trinajstić information content (AvgIpc) is 3.66. The Morgan fingerprint density at radius 2 is 1.11 bits per heavy atom. The van der Waals surface area contributed by atoms with E-state index < -0.39 is 0 Å². The van der Waals surface area contributed by atoms with Crippen LogP contribution in [0.3, 0.4) is 0 Å². The van der Waals surface area contributed by atoms with Gasteiger partial charge >= 0.3 is 6.85 Å². The smallest absolute Gasteiger partial charge is 0.328 e. The normalized spacial score (nSPS) is 22.7. The topological polar surface area (TPSA) is 6.48 Å². The van der Waals surface area contributed by atoms with Gasteiger partial charge in [-0.2, -0.15) is 0 Å². The zero-order valence-corrected chi connectivity index (χ0v) is 44.7. The standard InChI is InChI=1S/C67H73BN2/c1-61(2,3)42-26-27-55(45(33-42)40-22-16-15-17-23-40)69-56-37-47-46-36-51-52(64(9,10)31-30-63(51,7)8)38-49(46)65(11,12)50(47)39-54(56)68-59-57(69)32-41-24-18-19-25-44(41)58(59)48-34-43(62(4,5)6)35-53-60(48)70(68)67(14)29-21-20-28-66(53,67)13/h15-19,22-27,32-39H,20-21,28-31H2,1-14H3. The van der Waals surface area contributed by atoms with Crippen LogP contribution < -0.4 is 20.6 Å². The molecule has 3 aliphatic carbocycles. The van der Waals surface area contributed by atoms with Crippen molar-refractivity contribution in [2.75, 3.05) is 9.71 Å². The lowest BCUT2D eigenvalue weighted by Gasteiger charge is -2.55. The maximum Gasteiger partial charge on any atom is 0.328 e. The fraction of sp³-hybridized carbons (Fsp3) is 0.403. The highest BCUT2D eigenvalue weighted by Crippen LogP contribution is 2.65. The Morgan fingerprint density at radius 1 is 0.486 bits per heavy atom. The second-order valence-corrected chi connectivity index (χ2v) is 27.1. The van der Waals surface area contributed by atoms with Gasteiger partial charge in [-0.3, -0.25) is 0 Å². The molecule has 0 bridgehead atoms. The van der Waals surface area contributed by atoms with Crippen molar-refractivity contribution in [2.24, 2.45) is 0 Å². The molecule has 2 unspecified atom stereocenters.